The van der Waals surface area contributed by atoms with E-state index in [9.17, 15) is 4.79 Å². The van der Waals surface area contributed by atoms with Crippen molar-refractivity contribution in [3.05, 3.63) is 59.5 Å². The van der Waals surface area contributed by atoms with Crippen LogP contribution >= 0.6 is 0 Å². The normalized spacial score (nSPS) is 14.9. The molecule has 1 N–H and O–H groups in total. The zero-order valence-corrected chi connectivity index (χ0v) is 12.0. The number of amides is 1. The standard InChI is InChI=1S/C17H20N2O2/c20-17-8-3-9-19(17)13-15-6-2-1-5-14(15)11-18-12-16-7-4-10-21-16/h1-2,4-7,10,18H,3,8-9,11-13H2. The molecule has 1 aromatic heterocycles. The molecule has 1 aromatic carbocycles. The van der Waals surface area contributed by atoms with Crippen molar-refractivity contribution in [1.29, 1.82) is 0 Å². The van der Waals surface area contributed by atoms with Crippen LogP contribution in [0.5, 0.6) is 0 Å². The zero-order valence-electron chi connectivity index (χ0n) is 12.0. The van der Waals surface area contributed by atoms with Crippen LogP contribution in [-0.4, -0.2) is 17.4 Å². The van der Waals surface area contributed by atoms with Gasteiger partial charge in [0.2, 0.25) is 5.91 Å². The maximum Gasteiger partial charge on any atom is 0.222 e. The number of benzene rings is 1. The number of carbonyl (C=O) groups excluding carboxylic acids is 1. The molecule has 4 nitrogen and oxygen atoms in total. The molecule has 2 heterocycles. The molecule has 3 rings (SSSR count). The van der Waals surface area contributed by atoms with Crippen molar-refractivity contribution >= 4 is 5.91 Å². The number of hydrogen-bond acceptors (Lipinski definition) is 3. The number of nitrogens with zero attached hydrogens (tertiary/aromatic N) is 1. The van der Waals surface area contributed by atoms with Crippen molar-refractivity contribution in [3.8, 4) is 0 Å². The van der Waals surface area contributed by atoms with E-state index >= 15 is 0 Å². The molecule has 0 unspecified atom stereocenters. The zero-order chi connectivity index (χ0) is 14.5. The third-order valence-corrected chi connectivity index (χ3v) is 3.85. The highest BCUT2D eigenvalue weighted by atomic mass is 16.3. The summed E-state index contributed by atoms with van der Waals surface area (Å²) in [6.45, 7) is 3.09. The van der Waals surface area contributed by atoms with E-state index in [0.29, 0.717) is 13.0 Å². The third kappa shape index (κ3) is 3.52. The number of likely N-dealkylation sites (tertiary alicyclic amines) is 1. The second-order valence-corrected chi connectivity index (χ2v) is 5.37. The highest BCUT2D eigenvalue weighted by Gasteiger charge is 2.20. The number of furan rings is 1. The van der Waals surface area contributed by atoms with Gasteiger partial charge in [-0.15, -0.1) is 0 Å². The van der Waals surface area contributed by atoms with Crippen molar-refractivity contribution in [2.24, 2.45) is 0 Å². The van der Waals surface area contributed by atoms with E-state index in [4.69, 9.17) is 4.42 Å². The van der Waals surface area contributed by atoms with E-state index < -0.39 is 0 Å². The molecular weight excluding hydrogens is 264 g/mol. The molecule has 0 bridgehead atoms. The lowest BCUT2D eigenvalue weighted by molar-refractivity contribution is -0.128. The van der Waals surface area contributed by atoms with E-state index in [0.717, 1.165) is 31.8 Å². The topological polar surface area (TPSA) is 45.5 Å². The molecule has 1 fully saturated rings. The largest absolute Gasteiger partial charge is 0.468 e. The Morgan fingerprint density at radius 3 is 2.67 bits per heavy atom. The minimum atomic E-state index is 0.272. The lowest BCUT2D eigenvalue weighted by Crippen LogP contribution is -2.25. The van der Waals surface area contributed by atoms with Crippen LogP contribution in [0.15, 0.2) is 47.1 Å². The van der Waals surface area contributed by atoms with Crippen LogP contribution in [0.25, 0.3) is 0 Å². The number of nitrogens with one attached hydrogen (secondary N) is 1. The van der Waals surface area contributed by atoms with Gasteiger partial charge in [-0.25, -0.2) is 0 Å². The average Bonchev–Trinajstić information content (AvgIpc) is 3.14. The Hall–Kier alpha value is -2.07. The molecule has 1 saturated heterocycles. The summed E-state index contributed by atoms with van der Waals surface area (Å²) < 4.78 is 5.31. The molecule has 110 valence electrons. The maximum absolute atomic E-state index is 11.8. The Labute approximate surface area is 124 Å². The SMILES string of the molecule is O=C1CCCN1Cc1ccccc1CNCc1ccco1. The van der Waals surface area contributed by atoms with Gasteiger partial charge in [0.05, 0.1) is 12.8 Å². The van der Waals surface area contributed by atoms with Crippen LogP contribution < -0.4 is 5.32 Å². The summed E-state index contributed by atoms with van der Waals surface area (Å²) in [4.78, 5) is 13.7. The second-order valence-electron chi connectivity index (χ2n) is 5.37. The van der Waals surface area contributed by atoms with Crippen LogP contribution in [0.1, 0.15) is 29.7 Å². The first-order valence-corrected chi connectivity index (χ1v) is 7.40. The second kappa shape index (κ2) is 6.59. The summed E-state index contributed by atoms with van der Waals surface area (Å²) in [6.07, 6.45) is 3.36. The van der Waals surface area contributed by atoms with Crippen LogP contribution in [0.4, 0.5) is 0 Å². The molecule has 0 saturated carbocycles. The molecular formula is C17H20N2O2. The molecule has 0 spiro atoms. The fourth-order valence-corrected chi connectivity index (χ4v) is 2.69. The molecule has 21 heavy (non-hydrogen) atoms. The van der Waals surface area contributed by atoms with Crippen LogP contribution in [0.2, 0.25) is 0 Å². The third-order valence-electron chi connectivity index (χ3n) is 3.85. The first kappa shape index (κ1) is 13.9. The molecule has 0 atom stereocenters. The van der Waals surface area contributed by atoms with Crippen molar-refractivity contribution in [2.75, 3.05) is 6.54 Å². The monoisotopic (exact) mass is 284 g/mol. The van der Waals surface area contributed by atoms with E-state index in [1.807, 2.05) is 29.2 Å². The highest BCUT2D eigenvalue weighted by molar-refractivity contribution is 5.78. The predicted molar refractivity (Wildman–Crippen MR) is 80.3 cm³/mol. The Kier molecular flexibility index (Phi) is 4.36. The molecule has 4 heteroatoms. The average molecular weight is 284 g/mol. The Morgan fingerprint density at radius 2 is 1.95 bits per heavy atom. The minimum Gasteiger partial charge on any atom is -0.468 e. The highest BCUT2D eigenvalue weighted by Crippen LogP contribution is 2.17. The lowest BCUT2D eigenvalue weighted by Gasteiger charge is -2.18. The fourth-order valence-electron chi connectivity index (χ4n) is 2.69. The molecule has 0 aliphatic carbocycles. The smallest absolute Gasteiger partial charge is 0.222 e. The van der Waals surface area contributed by atoms with Gasteiger partial charge in [0.1, 0.15) is 5.76 Å². The summed E-state index contributed by atoms with van der Waals surface area (Å²) in [5, 5.41) is 3.38. The number of rotatable bonds is 6. The number of carbonyl (C=O) groups is 1. The van der Waals surface area contributed by atoms with Gasteiger partial charge in [0, 0.05) is 26.1 Å². The Morgan fingerprint density at radius 1 is 1.10 bits per heavy atom. The van der Waals surface area contributed by atoms with Crippen molar-refractivity contribution in [3.63, 3.8) is 0 Å². The Bertz CT molecular complexity index is 593. The molecule has 1 aliphatic heterocycles. The van der Waals surface area contributed by atoms with Gasteiger partial charge < -0.3 is 14.6 Å². The van der Waals surface area contributed by atoms with Gasteiger partial charge in [-0.1, -0.05) is 24.3 Å². The predicted octanol–water partition coefficient (Wildman–Crippen LogP) is 2.69. The van der Waals surface area contributed by atoms with E-state index in [1.165, 1.54) is 11.1 Å². The summed E-state index contributed by atoms with van der Waals surface area (Å²) in [5.41, 5.74) is 2.46. The van der Waals surface area contributed by atoms with E-state index in [2.05, 4.69) is 17.4 Å². The van der Waals surface area contributed by atoms with Crippen molar-refractivity contribution in [2.45, 2.75) is 32.5 Å². The first-order valence-electron chi connectivity index (χ1n) is 7.40. The van der Waals surface area contributed by atoms with Crippen molar-refractivity contribution < 1.29 is 9.21 Å². The molecule has 1 amide bonds. The summed E-state index contributed by atoms with van der Waals surface area (Å²) in [7, 11) is 0. The molecule has 0 radical (unpaired) electrons. The van der Waals surface area contributed by atoms with Crippen molar-refractivity contribution in [1.82, 2.24) is 10.2 Å². The maximum atomic E-state index is 11.8. The van der Waals surface area contributed by atoms with Crippen LogP contribution in [0, 0.1) is 0 Å². The fraction of sp³-hybridized carbons (Fsp3) is 0.353. The Balaban J connectivity index is 1.60. The van der Waals surface area contributed by atoms with Crippen LogP contribution in [0.3, 0.4) is 0 Å². The van der Waals surface area contributed by atoms with Gasteiger partial charge in [-0.3, -0.25) is 4.79 Å². The molecule has 1 aliphatic rings. The van der Waals surface area contributed by atoms with Gasteiger partial charge in [-0.05, 0) is 29.7 Å². The van der Waals surface area contributed by atoms with E-state index in [1.54, 1.807) is 6.26 Å². The molecule has 2 aromatic rings. The van der Waals surface area contributed by atoms with Gasteiger partial charge in [-0.2, -0.15) is 0 Å². The summed E-state index contributed by atoms with van der Waals surface area (Å²) >= 11 is 0. The summed E-state index contributed by atoms with van der Waals surface area (Å²) in [5.74, 6) is 1.20. The summed E-state index contributed by atoms with van der Waals surface area (Å²) in [6, 6.07) is 12.2. The van der Waals surface area contributed by atoms with Gasteiger partial charge in [0.15, 0.2) is 0 Å². The lowest BCUT2D eigenvalue weighted by atomic mass is 10.1. The van der Waals surface area contributed by atoms with Crippen LogP contribution in [-0.2, 0) is 24.4 Å². The minimum absolute atomic E-state index is 0.272. The van der Waals surface area contributed by atoms with E-state index in [-0.39, 0.29) is 5.91 Å². The quantitative estimate of drug-likeness (QED) is 0.887. The first-order chi connectivity index (χ1) is 10.3. The van der Waals surface area contributed by atoms with Gasteiger partial charge in [0.25, 0.3) is 0 Å². The number of hydrogen-bond donors (Lipinski definition) is 1. The van der Waals surface area contributed by atoms with Gasteiger partial charge >= 0.3 is 0 Å².